The second kappa shape index (κ2) is 5.16. The highest BCUT2D eigenvalue weighted by molar-refractivity contribution is 6.42. The van der Waals surface area contributed by atoms with Crippen LogP contribution >= 0.6 is 23.2 Å². The SMILES string of the molecule is OCC1C[C@@H](n2cnc3cc(Cl)c(Cl)cc32)C(O)C1O. The number of halogens is 2. The summed E-state index contributed by atoms with van der Waals surface area (Å²) in [7, 11) is 0. The van der Waals surface area contributed by atoms with Crippen LogP contribution in [0.2, 0.25) is 10.0 Å². The molecular formula is C13H14Cl2N2O3. The molecule has 7 heteroatoms. The molecule has 2 aromatic rings. The van der Waals surface area contributed by atoms with Gasteiger partial charge in [0.1, 0.15) is 6.10 Å². The first-order valence-corrected chi connectivity index (χ1v) is 7.07. The van der Waals surface area contributed by atoms with Gasteiger partial charge in [0.05, 0.1) is 39.6 Å². The van der Waals surface area contributed by atoms with Crippen molar-refractivity contribution in [1.82, 2.24) is 9.55 Å². The molecule has 108 valence electrons. The summed E-state index contributed by atoms with van der Waals surface area (Å²) in [5.74, 6) is -0.338. The third-order valence-electron chi connectivity index (χ3n) is 3.98. The first-order chi connectivity index (χ1) is 9.52. The lowest BCUT2D eigenvalue weighted by atomic mass is 10.1. The molecule has 3 rings (SSSR count). The van der Waals surface area contributed by atoms with Gasteiger partial charge >= 0.3 is 0 Å². The smallest absolute Gasteiger partial charge is 0.101 e. The molecule has 0 spiro atoms. The lowest BCUT2D eigenvalue weighted by Crippen LogP contribution is -2.30. The number of aromatic nitrogens is 2. The third-order valence-corrected chi connectivity index (χ3v) is 4.70. The Bertz CT molecular complexity index is 646. The van der Waals surface area contributed by atoms with Crippen LogP contribution in [0.4, 0.5) is 0 Å². The van der Waals surface area contributed by atoms with Gasteiger partial charge in [-0.15, -0.1) is 0 Å². The quantitative estimate of drug-likeness (QED) is 0.786. The summed E-state index contributed by atoms with van der Waals surface area (Å²) >= 11 is 12.0. The van der Waals surface area contributed by atoms with Crippen molar-refractivity contribution in [3.63, 3.8) is 0 Å². The molecule has 20 heavy (non-hydrogen) atoms. The molecule has 1 heterocycles. The van der Waals surface area contributed by atoms with Crippen LogP contribution in [-0.4, -0.2) is 43.7 Å². The van der Waals surface area contributed by atoms with Crippen molar-refractivity contribution in [2.75, 3.05) is 6.61 Å². The lowest BCUT2D eigenvalue weighted by Gasteiger charge is -2.18. The highest BCUT2D eigenvalue weighted by Gasteiger charge is 2.42. The molecule has 0 bridgehead atoms. The lowest BCUT2D eigenvalue weighted by molar-refractivity contribution is -0.00365. The largest absolute Gasteiger partial charge is 0.396 e. The van der Waals surface area contributed by atoms with Crippen molar-refractivity contribution >= 4 is 34.2 Å². The van der Waals surface area contributed by atoms with Gasteiger partial charge in [-0.05, 0) is 18.6 Å². The Labute approximate surface area is 125 Å². The molecule has 0 saturated heterocycles. The van der Waals surface area contributed by atoms with Crippen molar-refractivity contribution < 1.29 is 15.3 Å². The average Bonchev–Trinajstić information content (AvgIpc) is 2.94. The van der Waals surface area contributed by atoms with Crippen LogP contribution in [0.15, 0.2) is 18.5 Å². The summed E-state index contributed by atoms with van der Waals surface area (Å²) in [5, 5.41) is 30.1. The summed E-state index contributed by atoms with van der Waals surface area (Å²) in [4.78, 5) is 4.24. The Kier molecular flexibility index (Phi) is 3.64. The minimum Gasteiger partial charge on any atom is -0.396 e. The number of benzene rings is 1. The fourth-order valence-electron chi connectivity index (χ4n) is 2.84. The zero-order valence-corrected chi connectivity index (χ0v) is 12.0. The number of aliphatic hydroxyl groups excluding tert-OH is 3. The number of imidazole rings is 1. The van der Waals surface area contributed by atoms with E-state index in [1.54, 1.807) is 23.0 Å². The van der Waals surface area contributed by atoms with E-state index >= 15 is 0 Å². The molecule has 5 nitrogen and oxygen atoms in total. The van der Waals surface area contributed by atoms with Crippen LogP contribution in [-0.2, 0) is 0 Å². The standard InChI is InChI=1S/C13H14Cl2N2O3/c14-7-2-9-10(3-8(7)15)17(5-16-9)11-1-6(4-18)12(19)13(11)20/h2-3,5-6,11-13,18-20H,1,4H2/t6?,11-,12?,13?/m1/s1. The van der Waals surface area contributed by atoms with Crippen LogP contribution in [0.3, 0.4) is 0 Å². The normalized spacial score (nSPS) is 30.2. The van der Waals surface area contributed by atoms with Crippen molar-refractivity contribution in [3.8, 4) is 0 Å². The van der Waals surface area contributed by atoms with E-state index in [0.29, 0.717) is 22.0 Å². The maximum absolute atomic E-state index is 10.1. The summed E-state index contributed by atoms with van der Waals surface area (Å²) in [5.41, 5.74) is 1.42. The zero-order valence-electron chi connectivity index (χ0n) is 10.4. The summed E-state index contributed by atoms with van der Waals surface area (Å²) in [6, 6.07) is 3.01. The van der Waals surface area contributed by atoms with Gasteiger partial charge in [0.15, 0.2) is 0 Å². The van der Waals surface area contributed by atoms with E-state index < -0.39 is 12.2 Å². The van der Waals surface area contributed by atoms with E-state index in [0.717, 1.165) is 5.52 Å². The molecule has 1 saturated carbocycles. The second-order valence-electron chi connectivity index (χ2n) is 5.13. The van der Waals surface area contributed by atoms with E-state index in [-0.39, 0.29) is 18.6 Å². The fraction of sp³-hybridized carbons (Fsp3) is 0.462. The Balaban J connectivity index is 2.05. The number of rotatable bonds is 2. The molecule has 3 N–H and O–H groups in total. The monoisotopic (exact) mass is 316 g/mol. The van der Waals surface area contributed by atoms with E-state index in [9.17, 15) is 15.3 Å². The minimum atomic E-state index is -0.945. The summed E-state index contributed by atoms with van der Waals surface area (Å²) < 4.78 is 1.78. The van der Waals surface area contributed by atoms with E-state index in [1.807, 2.05) is 0 Å². The van der Waals surface area contributed by atoms with E-state index in [2.05, 4.69) is 4.98 Å². The average molecular weight is 317 g/mol. The van der Waals surface area contributed by atoms with Crippen LogP contribution in [0.5, 0.6) is 0 Å². The van der Waals surface area contributed by atoms with E-state index in [4.69, 9.17) is 23.2 Å². The predicted octanol–water partition coefficient (Wildman–Crippen LogP) is 1.62. The van der Waals surface area contributed by atoms with Gasteiger partial charge in [-0.2, -0.15) is 0 Å². The number of hydrogen-bond acceptors (Lipinski definition) is 4. The van der Waals surface area contributed by atoms with Crippen molar-refractivity contribution in [2.24, 2.45) is 5.92 Å². The van der Waals surface area contributed by atoms with E-state index in [1.165, 1.54) is 0 Å². The molecule has 1 aromatic heterocycles. The van der Waals surface area contributed by atoms with Crippen LogP contribution in [0.1, 0.15) is 12.5 Å². The van der Waals surface area contributed by atoms with Gasteiger partial charge in [-0.3, -0.25) is 0 Å². The Morgan fingerprint density at radius 3 is 2.55 bits per heavy atom. The summed E-state index contributed by atoms with van der Waals surface area (Å²) in [6.45, 7) is -0.159. The van der Waals surface area contributed by atoms with Crippen molar-refractivity contribution in [3.05, 3.63) is 28.5 Å². The number of hydrogen-bond donors (Lipinski definition) is 3. The highest BCUT2D eigenvalue weighted by atomic mass is 35.5. The molecule has 1 fully saturated rings. The first kappa shape index (κ1) is 14.1. The van der Waals surface area contributed by atoms with Gasteiger partial charge in [0.25, 0.3) is 0 Å². The maximum atomic E-state index is 10.1. The fourth-order valence-corrected chi connectivity index (χ4v) is 3.16. The van der Waals surface area contributed by atoms with Gasteiger partial charge in [-0.1, -0.05) is 23.2 Å². The summed E-state index contributed by atoms with van der Waals surface area (Å²) in [6.07, 6.45) is 0.187. The highest BCUT2D eigenvalue weighted by Crippen LogP contribution is 2.38. The van der Waals surface area contributed by atoms with Gasteiger partial charge in [0, 0.05) is 12.5 Å². The third kappa shape index (κ3) is 2.10. The van der Waals surface area contributed by atoms with Gasteiger partial charge < -0.3 is 19.9 Å². The molecule has 3 unspecified atom stereocenters. The molecule has 1 aliphatic rings. The second-order valence-corrected chi connectivity index (χ2v) is 5.95. The first-order valence-electron chi connectivity index (χ1n) is 6.31. The molecule has 1 aromatic carbocycles. The zero-order chi connectivity index (χ0) is 14.4. The molecule has 0 radical (unpaired) electrons. The van der Waals surface area contributed by atoms with Gasteiger partial charge in [-0.25, -0.2) is 4.98 Å². The van der Waals surface area contributed by atoms with Crippen LogP contribution in [0.25, 0.3) is 11.0 Å². The molecular weight excluding hydrogens is 303 g/mol. The van der Waals surface area contributed by atoms with Crippen LogP contribution < -0.4 is 0 Å². The topological polar surface area (TPSA) is 78.5 Å². The molecule has 0 amide bonds. The molecule has 4 atom stereocenters. The number of fused-ring (bicyclic) bond motifs is 1. The van der Waals surface area contributed by atoms with Gasteiger partial charge in [0.2, 0.25) is 0 Å². The Morgan fingerprint density at radius 2 is 1.90 bits per heavy atom. The molecule has 1 aliphatic carbocycles. The number of nitrogens with zero attached hydrogens (tertiary/aromatic N) is 2. The Hall–Kier alpha value is -0.850. The molecule has 0 aliphatic heterocycles. The predicted molar refractivity (Wildman–Crippen MR) is 76.0 cm³/mol. The van der Waals surface area contributed by atoms with Crippen molar-refractivity contribution in [2.45, 2.75) is 24.7 Å². The Morgan fingerprint density at radius 1 is 1.20 bits per heavy atom. The maximum Gasteiger partial charge on any atom is 0.101 e. The number of aliphatic hydroxyl groups is 3. The van der Waals surface area contributed by atoms with Crippen molar-refractivity contribution in [1.29, 1.82) is 0 Å². The minimum absolute atomic E-state index is 0.159. The van der Waals surface area contributed by atoms with Crippen LogP contribution in [0, 0.1) is 5.92 Å².